The smallest absolute Gasteiger partial charge is 0.111 e. The van der Waals surface area contributed by atoms with Gasteiger partial charge in [-0.1, -0.05) is 25.4 Å². The predicted octanol–water partition coefficient (Wildman–Crippen LogP) is 4.13. The van der Waals surface area contributed by atoms with Crippen LogP contribution in [0.2, 0.25) is 5.02 Å². The highest BCUT2D eigenvalue weighted by Gasteiger charge is 2.11. The molecule has 2 nitrogen and oxygen atoms in total. The fraction of sp³-hybridized carbons (Fsp3) is 0.462. The summed E-state index contributed by atoms with van der Waals surface area (Å²) >= 11 is 11.9. The van der Waals surface area contributed by atoms with Gasteiger partial charge >= 0.3 is 0 Å². The number of nitrogens with zero attached hydrogens (tertiary/aromatic N) is 2. The molecule has 1 aromatic carbocycles. The van der Waals surface area contributed by atoms with E-state index in [0.717, 1.165) is 34.8 Å². The lowest BCUT2D eigenvalue weighted by Gasteiger charge is -2.11. The minimum atomic E-state index is 0.570. The van der Waals surface area contributed by atoms with Gasteiger partial charge in [-0.25, -0.2) is 4.98 Å². The van der Waals surface area contributed by atoms with Crippen LogP contribution >= 0.6 is 23.2 Å². The number of halogens is 2. The fourth-order valence-electron chi connectivity index (χ4n) is 1.99. The molecule has 0 amide bonds. The molecule has 0 spiro atoms. The molecule has 0 aliphatic heterocycles. The Kier molecular flexibility index (Phi) is 3.95. The summed E-state index contributed by atoms with van der Waals surface area (Å²) in [6, 6.07) is 5.82. The highest BCUT2D eigenvalue weighted by atomic mass is 35.5. The second-order valence-electron chi connectivity index (χ2n) is 4.60. The van der Waals surface area contributed by atoms with Crippen LogP contribution in [0.25, 0.3) is 11.0 Å². The van der Waals surface area contributed by atoms with E-state index < -0.39 is 0 Å². The van der Waals surface area contributed by atoms with Gasteiger partial charge in [0.2, 0.25) is 0 Å². The minimum Gasteiger partial charge on any atom is -0.328 e. The van der Waals surface area contributed by atoms with Crippen molar-refractivity contribution in [2.75, 3.05) is 5.88 Å². The summed E-state index contributed by atoms with van der Waals surface area (Å²) in [5.74, 6) is 2.21. The molecule has 0 saturated carbocycles. The molecule has 92 valence electrons. The number of rotatable bonds is 4. The predicted molar refractivity (Wildman–Crippen MR) is 74.0 cm³/mol. The van der Waals surface area contributed by atoms with E-state index in [-0.39, 0.29) is 0 Å². The average molecular weight is 271 g/mol. The Morgan fingerprint density at radius 1 is 1.35 bits per heavy atom. The molecule has 0 bridgehead atoms. The summed E-state index contributed by atoms with van der Waals surface area (Å²) in [6.07, 6.45) is 0.792. The standard InChI is InChI=1S/C13H16Cl2N2/c1-9(2)8-17-12-7-10(15)3-4-11(12)16-13(17)5-6-14/h3-4,7,9H,5-6,8H2,1-2H3. The minimum absolute atomic E-state index is 0.570. The molecule has 2 aromatic rings. The number of hydrogen-bond donors (Lipinski definition) is 0. The van der Waals surface area contributed by atoms with Crippen molar-refractivity contribution in [3.8, 4) is 0 Å². The first kappa shape index (κ1) is 12.7. The first-order valence-electron chi connectivity index (χ1n) is 5.82. The van der Waals surface area contributed by atoms with Crippen LogP contribution in [0, 0.1) is 5.92 Å². The van der Waals surface area contributed by atoms with Gasteiger partial charge in [0.15, 0.2) is 0 Å². The van der Waals surface area contributed by atoms with Gasteiger partial charge in [0, 0.05) is 23.9 Å². The van der Waals surface area contributed by atoms with Gasteiger partial charge in [0.1, 0.15) is 5.82 Å². The summed E-state index contributed by atoms with van der Waals surface area (Å²) in [7, 11) is 0. The maximum Gasteiger partial charge on any atom is 0.111 e. The van der Waals surface area contributed by atoms with Crippen LogP contribution in [0.4, 0.5) is 0 Å². The van der Waals surface area contributed by atoms with Crippen LogP contribution in [-0.2, 0) is 13.0 Å². The Bertz CT molecular complexity index is 517. The summed E-state index contributed by atoms with van der Waals surface area (Å²) in [5.41, 5.74) is 2.10. The van der Waals surface area contributed by atoms with E-state index in [0.29, 0.717) is 11.8 Å². The number of aromatic nitrogens is 2. The molecule has 17 heavy (non-hydrogen) atoms. The summed E-state index contributed by atoms with van der Waals surface area (Å²) in [4.78, 5) is 4.62. The van der Waals surface area contributed by atoms with Crippen LogP contribution in [0.5, 0.6) is 0 Å². The maximum absolute atomic E-state index is 6.05. The number of fused-ring (bicyclic) bond motifs is 1. The molecule has 0 aliphatic carbocycles. The van der Waals surface area contributed by atoms with Crippen molar-refractivity contribution in [3.05, 3.63) is 29.0 Å². The Morgan fingerprint density at radius 2 is 2.12 bits per heavy atom. The number of alkyl halides is 1. The molecular weight excluding hydrogens is 255 g/mol. The highest BCUT2D eigenvalue weighted by Crippen LogP contribution is 2.22. The molecule has 0 saturated heterocycles. The molecule has 0 fully saturated rings. The third-order valence-corrected chi connectivity index (χ3v) is 3.08. The van der Waals surface area contributed by atoms with E-state index in [1.54, 1.807) is 0 Å². The number of hydrogen-bond acceptors (Lipinski definition) is 1. The monoisotopic (exact) mass is 270 g/mol. The Morgan fingerprint density at radius 3 is 2.76 bits per heavy atom. The third kappa shape index (κ3) is 2.75. The van der Waals surface area contributed by atoms with Crippen molar-refractivity contribution in [2.45, 2.75) is 26.8 Å². The van der Waals surface area contributed by atoms with Crippen molar-refractivity contribution >= 4 is 34.2 Å². The first-order chi connectivity index (χ1) is 8.11. The van der Waals surface area contributed by atoms with Crippen LogP contribution in [0.15, 0.2) is 18.2 Å². The van der Waals surface area contributed by atoms with Crippen molar-refractivity contribution < 1.29 is 0 Å². The second kappa shape index (κ2) is 5.28. The second-order valence-corrected chi connectivity index (χ2v) is 5.42. The fourth-order valence-corrected chi connectivity index (χ4v) is 2.33. The lowest BCUT2D eigenvalue weighted by Crippen LogP contribution is -2.09. The van der Waals surface area contributed by atoms with Crippen LogP contribution in [0.1, 0.15) is 19.7 Å². The van der Waals surface area contributed by atoms with E-state index >= 15 is 0 Å². The Hall–Kier alpha value is -0.730. The van der Waals surface area contributed by atoms with Gasteiger partial charge in [-0.2, -0.15) is 0 Å². The zero-order chi connectivity index (χ0) is 12.4. The number of aryl methyl sites for hydroxylation is 1. The van der Waals surface area contributed by atoms with Gasteiger partial charge in [-0.05, 0) is 24.1 Å². The van der Waals surface area contributed by atoms with Crippen LogP contribution in [0.3, 0.4) is 0 Å². The molecule has 4 heteroatoms. The van der Waals surface area contributed by atoms with Gasteiger partial charge in [0.05, 0.1) is 11.0 Å². The van der Waals surface area contributed by atoms with E-state index in [2.05, 4.69) is 23.4 Å². The van der Waals surface area contributed by atoms with Gasteiger partial charge < -0.3 is 4.57 Å². The first-order valence-corrected chi connectivity index (χ1v) is 6.73. The lowest BCUT2D eigenvalue weighted by molar-refractivity contribution is 0.519. The van der Waals surface area contributed by atoms with Gasteiger partial charge in [-0.15, -0.1) is 11.6 Å². The summed E-state index contributed by atoms with van der Waals surface area (Å²) in [5, 5.41) is 0.750. The van der Waals surface area contributed by atoms with Crippen molar-refractivity contribution in [1.82, 2.24) is 9.55 Å². The molecule has 0 aliphatic rings. The van der Waals surface area contributed by atoms with Gasteiger partial charge in [-0.3, -0.25) is 0 Å². The normalized spacial score (nSPS) is 11.6. The third-order valence-electron chi connectivity index (χ3n) is 2.66. The lowest BCUT2D eigenvalue weighted by atomic mass is 10.2. The largest absolute Gasteiger partial charge is 0.328 e. The highest BCUT2D eigenvalue weighted by molar-refractivity contribution is 6.31. The maximum atomic E-state index is 6.05. The van der Waals surface area contributed by atoms with Crippen LogP contribution < -0.4 is 0 Å². The molecular formula is C13H16Cl2N2. The Labute approximate surface area is 112 Å². The number of imidazole rings is 1. The van der Waals surface area contributed by atoms with E-state index in [1.807, 2.05) is 18.2 Å². The molecule has 0 N–H and O–H groups in total. The van der Waals surface area contributed by atoms with Crippen molar-refractivity contribution in [3.63, 3.8) is 0 Å². The van der Waals surface area contributed by atoms with E-state index in [1.165, 1.54) is 0 Å². The molecule has 1 aromatic heterocycles. The zero-order valence-corrected chi connectivity index (χ0v) is 11.6. The van der Waals surface area contributed by atoms with E-state index in [4.69, 9.17) is 23.2 Å². The molecule has 2 rings (SSSR count). The topological polar surface area (TPSA) is 17.8 Å². The molecule has 0 unspecified atom stereocenters. The quantitative estimate of drug-likeness (QED) is 0.764. The van der Waals surface area contributed by atoms with E-state index in [9.17, 15) is 0 Å². The summed E-state index contributed by atoms with van der Waals surface area (Å²) in [6.45, 7) is 5.34. The molecule has 0 radical (unpaired) electrons. The molecule has 0 atom stereocenters. The van der Waals surface area contributed by atoms with Crippen LogP contribution in [-0.4, -0.2) is 15.4 Å². The van der Waals surface area contributed by atoms with Crippen molar-refractivity contribution in [2.24, 2.45) is 5.92 Å². The SMILES string of the molecule is CC(C)Cn1c(CCCl)nc2ccc(Cl)cc21. The molecule has 1 heterocycles. The van der Waals surface area contributed by atoms with Gasteiger partial charge in [0.25, 0.3) is 0 Å². The zero-order valence-electron chi connectivity index (χ0n) is 10.1. The number of benzene rings is 1. The van der Waals surface area contributed by atoms with Crippen molar-refractivity contribution in [1.29, 1.82) is 0 Å². The Balaban J connectivity index is 2.55. The summed E-state index contributed by atoms with van der Waals surface area (Å²) < 4.78 is 2.23. The average Bonchev–Trinajstić information content (AvgIpc) is 2.57.